The number of hydrogen-bond donors (Lipinski definition) is 1. The maximum Gasteiger partial charge on any atom is 0.244 e. The summed E-state index contributed by atoms with van der Waals surface area (Å²) in [6, 6.07) is 15.1. The zero-order valence-corrected chi connectivity index (χ0v) is 17.7. The number of benzene rings is 1. The van der Waals surface area contributed by atoms with Crippen LogP contribution < -0.4 is 5.32 Å². The third kappa shape index (κ3) is 4.67. The van der Waals surface area contributed by atoms with E-state index in [0.29, 0.717) is 17.2 Å². The number of amides is 1. The number of pyridine rings is 2. The average molecular weight is 481 g/mol. The molecule has 0 radical (unpaired) electrons. The fourth-order valence-corrected chi connectivity index (χ4v) is 2.97. The number of rotatable bonds is 4. The van der Waals surface area contributed by atoms with Gasteiger partial charge in [-0.15, -0.1) is 24.8 Å². The molecule has 3 heterocycles. The molecular weight excluding hydrogens is 465 g/mol. The van der Waals surface area contributed by atoms with Crippen LogP contribution in [-0.4, -0.2) is 25.4 Å². The first kappa shape index (κ1) is 21.8. The van der Waals surface area contributed by atoms with Gasteiger partial charge in [-0.25, -0.2) is 9.97 Å². The van der Waals surface area contributed by atoms with Crippen molar-refractivity contribution in [1.82, 2.24) is 19.5 Å². The molecule has 0 atom stereocenters. The Hall–Kier alpha value is -2.48. The highest BCUT2D eigenvalue weighted by Gasteiger charge is 2.16. The lowest BCUT2D eigenvalue weighted by atomic mass is 10.2. The maximum absolute atomic E-state index is 12.5. The fourth-order valence-electron chi connectivity index (χ4n) is 2.71. The van der Waals surface area contributed by atoms with Gasteiger partial charge in [0.1, 0.15) is 17.9 Å². The molecule has 0 saturated heterocycles. The summed E-state index contributed by atoms with van der Waals surface area (Å²) in [6.45, 7) is 0.105. The van der Waals surface area contributed by atoms with Gasteiger partial charge in [0, 0.05) is 22.4 Å². The summed E-state index contributed by atoms with van der Waals surface area (Å²) in [5.74, 6) is 0.536. The van der Waals surface area contributed by atoms with Crippen LogP contribution in [-0.2, 0) is 11.3 Å². The normalized spacial score (nSPS) is 10.0. The van der Waals surface area contributed by atoms with Crippen LogP contribution in [0.3, 0.4) is 0 Å². The number of nitrogens with one attached hydrogen (secondary N) is 1. The van der Waals surface area contributed by atoms with Gasteiger partial charge in [-0.05, 0) is 36.4 Å². The Morgan fingerprint density at radius 3 is 2.50 bits per heavy atom. The number of aromatic nitrogens is 4. The third-order valence-electron chi connectivity index (χ3n) is 3.85. The van der Waals surface area contributed by atoms with E-state index in [9.17, 15) is 4.79 Å². The summed E-state index contributed by atoms with van der Waals surface area (Å²) >= 11 is 3.44. The van der Waals surface area contributed by atoms with E-state index in [1.54, 1.807) is 30.7 Å². The number of anilines is 1. The molecule has 3 aromatic heterocycles. The standard InChI is InChI=1S/C19H14BrN5O.2ClH/c20-14-7-5-13(6-8-14)18-24-16-4-2-10-22-19(16)25(18)12-17(26)23-15-3-1-9-21-11-15;;/h1-11H,12H2,(H,23,26);2*1H. The SMILES string of the molecule is Cl.Cl.O=C(Cn1c(-c2ccc(Br)cc2)nc2cccnc21)Nc1cccnc1. The van der Waals surface area contributed by atoms with Crippen LogP contribution >= 0.6 is 40.7 Å². The molecule has 0 saturated carbocycles. The van der Waals surface area contributed by atoms with Crippen LogP contribution in [0.1, 0.15) is 0 Å². The predicted molar refractivity (Wildman–Crippen MR) is 118 cm³/mol. The molecule has 9 heteroatoms. The number of halogens is 3. The van der Waals surface area contributed by atoms with Gasteiger partial charge in [0.2, 0.25) is 5.91 Å². The number of nitrogens with zero attached hydrogens (tertiary/aromatic N) is 4. The fraction of sp³-hybridized carbons (Fsp3) is 0.0526. The number of hydrogen-bond acceptors (Lipinski definition) is 4. The Morgan fingerprint density at radius 1 is 1.04 bits per heavy atom. The van der Waals surface area contributed by atoms with E-state index in [1.807, 2.05) is 41.0 Å². The molecule has 0 spiro atoms. The minimum Gasteiger partial charge on any atom is -0.323 e. The molecule has 1 aromatic carbocycles. The van der Waals surface area contributed by atoms with E-state index >= 15 is 0 Å². The van der Waals surface area contributed by atoms with Crippen LogP contribution in [0.4, 0.5) is 5.69 Å². The van der Waals surface area contributed by atoms with Crippen LogP contribution in [0.25, 0.3) is 22.6 Å². The summed E-state index contributed by atoms with van der Waals surface area (Å²) in [5, 5.41) is 2.85. The molecule has 28 heavy (non-hydrogen) atoms. The van der Waals surface area contributed by atoms with Crippen LogP contribution in [0.2, 0.25) is 0 Å². The summed E-state index contributed by atoms with van der Waals surface area (Å²) in [5.41, 5.74) is 2.99. The summed E-state index contributed by atoms with van der Waals surface area (Å²) < 4.78 is 2.81. The highest BCUT2D eigenvalue weighted by atomic mass is 79.9. The smallest absolute Gasteiger partial charge is 0.244 e. The predicted octanol–water partition coefficient (Wildman–Crippen LogP) is 4.74. The lowest BCUT2D eigenvalue weighted by molar-refractivity contribution is -0.116. The first-order valence-corrected chi connectivity index (χ1v) is 8.77. The first-order valence-electron chi connectivity index (χ1n) is 7.98. The number of fused-ring (bicyclic) bond motifs is 1. The van der Waals surface area contributed by atoms with Crippen molar-refractivity contribution >= 4 is 63.5 Å². The van der Waals surface area contributed by atoms with Gasteiger partial charge in [0.25, 0.3) is 0 Å². The van der Waals surface area contributed by atoms with Gasteiger partial charge in [0.15, 0.2) is 5.65 Å². The molecule has 0 bridgehead atoms. The molecule has 1 N–H and O–H groups in total. The van der Waals surface area contributed by atoms with Gasteiger partial charge in [-0.1, -0.05) is 28.1 Å². The van der Waals surface area contributed by atoms with E-state index < -0.39 is 0 Å². The Morgan fingerprint density at radius 2 is 1.79 bits per heavy atom. The largest absolute Gasteiger partial charge is 0.323 e. The Kier molecular flexibility index (Phi) is 7.51. The van der Waals surface area contributed by atoms with E-state index in [1.165, 1.54) is 0 Å². The van der Waals surface area contributed by atoms with E-state index in [2.05, 4.69) is 36.2 Å². The summed E-state index contributed by atoms with van der Waals surface area (Å²) in [4.78, 5) is 25.6. The minimum atomic E-state index is -0.165. The second-order valence-corrected chi connectivity index (χ2v) is 6.58. The molecule has 0 aliphatic heterocycles. The van der Waals surface area contributed by atoms with Crippen molar-refractivity contribution in [3.63, 3.8) is 0 Å². The second kappa shape index (κ2) is 9.64. The van der Waals surface area contributed by atoms with Gasteiger partial charge < -0.3 is 5.32 Å². The van der Waals surface area contributed by atoms with Crippen molar-refractivity contribution < 1.29 is 4.79 Å². The molecule has 0 unspecified atom stereocenters. The van der Waals surface area contributed by atoms with Crippen molar-refractivity contribution in [2.45, 2.75) is 6.54 Å². The summed E-state index contributed by atoms with van der Waals surface area (Å²) in [6.07, 6.45) is 4.97. The van der Waals surface area contributed by atoms with Crippen molar-refractivity contribution in [2.75, 3.05) is 5.32 Å². The molecule has 144 valence electrons. The number of imidazole rings is 1. The Bertz CT molecular complexity index is 1070. The van der Waals surface area contributed by atoms with E-state index in [-0.39, 0.29) is 37.3 Å². The van der Waals surface area contributed by atoms with Crippen molar-refractivity contribution in [3.8, 4) is 11.4 Å². The monoisotopic (exact) mass is 479 g/mol. The lowest BCUT2D eigenvalue weighted by Gasteiger charge is -2.09. The van der Waals surface area contributed by atoms with E-state index in [0.717, 1.165) is 15.6 Å². The quantitative estimate of drug-likeness (QED) is 0.458. The first-order chi connectivity index (χ1) is 12.7. The van der Waals surface area contributed by atoms with Crippen molar-refractivity contribution in [1.29, 1.82) is 0 Å². The number of carbonyl (C=O) groups is 1. The molecule has 0 aliphatic rings. The Balaban J connectivity index is 0.00000140. The molecule has 0 aliphatic carbocycles. The lowest BCUT2D eigenvalue weighted by Crippen LogP contribution is -2.19. The topological polar surface area (TPSA) is 72.7 Å². The molecule has 0 fully saturated rings. The molecule has 4 rings (SSSR count). The maximum atomic E-state index is 12.5. The van der Waals surface area contributed by atoms with Gasteiger partial charge in [0.05, 0.1) is 11.9 Å². The van der Waals surface area contributed by atoms with Crippen molar-refractivity contribution in [3.05, 3.63) is 71.6 Å². The third-order valence-corrected chi connectivity index (χ3v) is 4.38. The van der Waals surface area contributed by atoms with Gasteiger partial charge in [-0.3, -0.25) is 14.3 Å². The summed E-state index contributed by atoms with van der Waals surface area (Å²) in [7, 11) is 0. The van der Waals surface area contributed by atoms with Gasteiger partial charge >= 0.3 is 0 Å². The molecule has 1 amide bonds. The average Bonchev–Trinajstić information content (AvgIpc) is 3.02. The minimum absolute atomic E-state index is 0. The molecule has 4 aromatic rings. The van der Waals surface area contributed by atoms with Crippen LogP contribution in [0, 0.1) is 0 Å². The van der Waals surface area contributed by atoms with E-state index in [4.69, 9.17) is 0 Å². The van der Waals surface area contributed by atoms with Gasteiger partial charge in [-0.2, -0.15) is 0 Å². The number of carbonyl (C=O) groups excluding carboxylic acids is 1. The molecular formula is C19H16BrCl2N5O. The van der Waals surface area contributed by atoms with Crippen molar-refractivity contribution in [2.24, 2.45) is 0 Å². The van der Waals surface area contributed by atoms with Crippen LogP contribution in [0.15, 0.2) is 71.6 Å². The zero-order chi connectivity index (χ0) is 17.9. The molecule has 6 nitrogen and oxygen atoms in total. The highest BCUT2D eigenvalue weighted by Crippen LogP contribution is 2.25. The highest BCUT2D eigenvalue weighted by molar-refractivity contribution is 9.10. The zero-order valence-electron chi connectivity index (χ0n) is 14.4. The van der Waals surface area contributed by atoms with Crippen LogP contribution in [0.5, 0.6) is 0 Å². The second-order valence-electron chi connectivity index (χ2n) is 5.66. The Labute approximate surface area is 182 Å².